The zero-order chi connectivity index (χ0) is 9.76. The third kappa shape index (κ3) is 1.06. The summed E-state index contributed by atoms with van der Waals surface area (Å²) in [6.45, 7) is 0. The third-order valence-corrected chi connectivity index (χ3v) is 2.62. The third-order valence-electron chi connectivity index (χ3n) is 2.62. The molecule has 0 atom stereocenters. The highest BCUT2D eigenvalue weighted by Crippen LogP contribution is 2.43. The Morgan fingerprint density at radius 1 is 1.00 bits per heavy atom. The normalized spacial score (nSPS) is 21.0. The smallest absolute Gasteiger partial charge is 0.395 e. The van der Waals surface area contributed by atoms with Gasteiger partial charge in [0, 0.05) is 0 Å². The minimum absolute atomic E-state index is 0.163. The Balaban J connectivity index is 2.08. The average molecular weight is 198 g/mol. The van der Waals surface area contributed by atoms with Gasteiger partial charge in [0.25, 0.3) is 0 Å². The van der Waals surface area contributed by atoms with Crippen LogP contribution >= 0.6 is 0 Å². The standard InChI is InChI=1S/C10H8F2O2/c11-10(12)13-8-4-6-2-1-3-7(6)5-9(8)14-10/h4-5H,1-3H2. The van der Waals surface area contributed by atoms with E-state index in [4.69, 9.17) is 0 Å². The molecule has 4 heteroatoms. The molecule has 0 bridgehead atoms. The van der Waals surface area contributed by atoms with Gasteiger partial charge in [0.1, 0.15) is 0 Å². The number of halogens is 2. The van der Waals surface area contributed by atoms with E-state index in [9.17, 15) is 8.78 Å². The maximum atomic E-state index is 12.7. The maximum Gasteiger partial charge on any atom is 0.586 e. The first-order chi connectivity index (χ1) is 6.64. The molecule has 1 aromatic carbocycles. The fourth-order valence-corrected chi connectivity index (χ4v) is 2.02. The second kappa shape index (κ2) is 2.38. The Morgan fingerprint density at radius 3 is 2.00 bits per heavy atom. The number of hydrogen-bond acceptors (Lipinski definition) is 2. The van der Waals surface area contributed by atoms with E-state index in [2.05, 4.69) is 9.47 Å². The van der Waals surface area contributed by atoms with E-state index < -0.39 is 6.29 Å². The first-order valence-electron chi connectivity index (χ1n) is 4.56. The maximum absolute atomic E-state index is 12.7. The molecule has 0 saturated carbocycles. The van der Waals surface area contributed by atoms with Gasteiger partial charge in [-0.15, -0.1) is 8.78 Å². The molecule has 0 amide bonds. The van der Waals surface area contributed by atoms with Crippen LogP contribution in [0.4, 0.5) is 8.78 Å². The molecule has 1 aliphatic heterocycles. The predicted molar refractivity (Wildman–Crippen MR) is 44.7 cm³/mol. The van der Waals surface area contributed by atoms with Gasteiger partial charge in [0.2, 0.25) is 0 Å². The molecule has 0 aromatic heterocycles. The van der Waals surface area contributed by atoms with Crippen molar-refractivity contribution in [2.75, 3.05) is 0 Å². The van der Waals surface area contributed by atoms with E-state index in [1.807, 2.05) is 0 Å². The molecule has 1 heterocycles. The van der Waals surface area contributed by atoms with Crippen LogP contribution in [0.5, 0.6) is 11.5 Å². The summed E-state index contributed by atoms with van der Waals surface area (Å²) in [5, 5.41) is 0. The SMILES string of the molecule is FC1(F)Oc2cc3c(cc2O1)CCC3. The van der Waals surface area contributed by atoms with Crippen molar-refractivity contribution in [3.05, 3.63) is 23.3 Å². The summed E-state index contributed by atoms with van der Waals surface area (Å²) >= 11 is 0. The lowest BCUT2D eigenvalue weighted by molar-refractivity contribution is -0.286. The van der Waals surface area contributed by atoms with E-state index in [0.717, 1.165) is 30.4 Å². The van der Waals surface area contributed by atoms with Gasteiger partial charge in [-0.25, -0.2) is 0 Å². The zero-order valence-corrected chi connectivity index (χ0v) is 7.35. The van der Waals surface area contributed by atoms with Gasteiger partial charge in [0.05, 0.1) is 0 Å². The highest BCUT2D eigenvalue weighted by Gasteiger charge is 2.43. The fourth-order valence-electron chi connectivity index (χ4n) is 2.02. The molecule has 0 radical (unpaired) electrons. The van der Waals surface area contributed by atoms with E-state index in [1.165, 1.54) is 0 Å². The van der Waals surface area contributed by atoms with Crippen molar-refractivity contribution in [1.82, 2.24) is 0 Å². The lowest BCUT2D eigenvalue weighted by Crippen LogP contribution is -2.25. The summed E-state index contributed by atoms with van der Waals surface area (Å²) in [4.78, 5) is 0. The molecule has 14 heavy (non-hydrogen) atoms. The highest BCUT2D eigenvalue weighted by atomic mass is 19.3. The molecule has 0 N–H and O–H groups in total. The first kappa shape index (κ1) is 8.03. The Kier molecular flexibility index (Phi) is 1.36. The van der Waals surface area contributed by atoms with Crippen molar-refractivity contribution in [3.8, 4) is 11.5 Å². The molecule has 2 aliphatic rings. The molecule has 74 valence electrons. The Morgan fingerprint density at radius 2 is 1.50 bits per heavy atom. The molecular formula is C10H8F2O2. The first-order valence-corrected chi connectivity index (χ1v) is 4.56. The van der Waals surface area contributed by atoms with Crippen molar-refractivity contribution < 1.29 is 18.3 Å². The van der Waals surface area contributed by atoms with Crippen LogP contribution in [0, 0.1) is 0 Å². The molecule has 0 spiro atoms. The van der Waals surface area contributed by atoms with Crippen molar-refractivity contribution >= 4 is 0 Å². The highest BCUT2D eigenvalue weighted by molar-refractivity contribution is 5.50. The number of rotatable bonds is 0. The molecule has 0 saturated heterocycles. The van der Waals surface area contributed by atoms with Crippen molar-refractivity contribution in [2.24, 2.45) is 0 Å². The summed E-state index contributed by atoms with van der Waals surface area (Å²) in [6, 6.07) is 3.33. The quantitative estimate of drug-likeness (QED) is 0.637. The van der Waals surface area contributed by atoms with Crippen molar-refractivity contribution in [3.63, 3.8) is 0 Å². The zero-order valence-electron chi connectivity index (χ0n) is 7.35. The second-order valence-corrected chi connectivity index (χ2v) is 3.59. The number of benzene rings is 1. The van der Waals surface area contributed by atoms with E-state index >= 15 is 0 Å². The van der Waals surface area contributed by atoms with Crippen LogP contribution in [0.15, 0.2) is 12.1 Å². The minimum atomic E-state index is -3.49. The number of ether oxygens (including phenoxy) is 2. The predicted octanol–water partition coefficient (Wildman–Crippen LogP) is 2.50. The molecular weight excluding hydrogens is 190 g/mol. The summed E-state index contributed by atoms with van der Waals surface area (Å²) < 4.78 is 34.1. The molecule has 1 aromatic rings. The van der Waals surface area contributed by atoms with Crippen LogP contribution in [0.3, 0.4) is 0 Å². The Labute approximate surface area is 79.4 Å². The summed E-state index contributed by atoms with van der Waals surface area (Å²) in [6.07, 6.45) is -0.527. The van der Waals surface area contributed by atoms with E-state index in [0.29, 0.717) is 0 Å². The Bertz CT molecular complexity index is 366. The molecule has 0 unspecified atom stereocenters. The lowest BCUT2D eigenvalue weighted by atomic mass is 10.1. The lowest BCUT2D eigenvalue weighted by Gasteiger charge is -2.04. The minimum Gasteiger partial charge on any atom is -0.395 e. The van der Waals surface area contributed by atoms with Crippen molar-refractivity contribution in [2.45, 2.75) is 25.6 Å². The average Bonchev–Trinajstić information content (AvgIpc) is 2.59. The van der Waals surface area contributed by atoms with E-state index in [-0.39, 0.29) is 11.5 Å². The number of hydrogen-bond donors (Lipinski definition) is 0. The van der Waals surface area contributed by atoms with Crippen LogP contribution in [0.2, 0.25) is 0 Å². The molecule has 2 nitrogen and oxygen atoms in total. The van der Waals surface area contributed by atoms with Crippen LogP contribution in [-0.4, -0.2) is 6.29 Å². The number of fused-ring (bicyclic) bond motifs is 2. The van der Waals surface area contributed by atoms with E-state index in [1.54, 1.807) is 12.1 Å². The summed E-state index contributed by atoms with van der Waals surface area (Å²) in [7, 11) is 0. The summed E-state index contributed by atoms with van der Waals surface area (Å²) in [5.41, 5.74) is 2.20. The molecule has 3 rings (SSSR count). The number of alkyl halides is 2. The van der Waals surface area contributed by atoms with Gasteiger partial charge in [-0.1, -0.05) is 0 Å². The molecule has 0 fully saturated rings. The van der Waals surface area contributed by atoms with Crippen LogP contribution in [0.1, 0.15) is 17.5 Å². The summed E-state index contributed by atoms with van der Waals surface area (Å²) in [5.74, 6) is 0.325. The number of aryl methyl sites for hydroxylation is 2. The van der Waals surface area contributed by atoms with Gasteiger partial charge >= 0.3 is 6.29 Å². The fraction of sp³-hybridized carbons (Fsp3) is 0.400. The van der Waals surface area contributed by atoms with Crippen molar-refractivity contribution in [1.29, 1.82) is 0 Å². The van der Waals surface area contributed by atoms with Gasteiger partial charge in [-0.2, -0.15) is 0 Å². The molecule has 1 aliphatic carbocycles. The monoisotopic (exact) mass is 198 g/mol. The van der Waals surface area contributed by atoms with Gasteiger partial charge < -0.3 is 9.47 Å². The Hall–Kier alpha value is -1.32. The van der Waals surface area contributed by atoms with Crippen LogP contribution < -0.4 is 9.47 Å². The van der Waals surface area contributed by atoms with Crippen LogP contribution in [0.25, 0.3) is 0 Å². The second-order valence-electron chi connectivity index (χ2n) is 3.59. The largest absolute Gasteiger partial charge is 0.586 e. The van der Waals surface area contributed by atoms with Gasteiger partial charge in [-0.05, 0) is 42.5 Å². The van der Waals surface area contributed by atoms with Crippen LogP contribution in [-0.2, 0) is 12.8 Å². The topological polar surface area (TPSA) is 18.5 Å². The van der Waals surface area contributed by atoms with Gasteiger partial charge in [-0.3, -0.25) is 0 Å². The van der Waals surface area contributed by atoms with Gasteiger partial charge in [0.15, 0.2) is 11.5 Å².